The maximum atomic E-state index is 13.8. The Bertz CT molecular complexity index is 954. The number of aromatic nitrogens is 2. The second-order valence-corrected chi connectivity index (χ2v) is 5.59. The van der Waals surface area contributed by atoms with E-state index in [9.17, 15) is 18.9 Å². The third-order valence-corrected chi connectivity index (χ3v) is 3.74. The van der Waals surface area contributed by atoms with Crippen LogP contribution in [0.25, 0.3) is 0 Å². The van der Waals surface area contributed by atoms with Gasteiger partial charge in [0, 0.05) is 12.6 Å². The highest BCUT2D eigenvalue weighted by Gasteiger charge is 2.23. The van der Waals surface area contributed by atoms with E-state index in [2.05, 4.69) is 20.6 Å². The number of nitrogens with zero attached hydrogens (tertiary/aromatic N) is 3. The molecule has 3 rings (SSSR count). The van der Waals surface area contributed by atoms with Crippen molar-refractivity contribution in [3.05, 3.63) is 82.2 Å². The van der Waals surface area contributed by atoms with Crippen LogP contribution >= 0.6 is 0 Å². The van der Waals surface area contributed by atoms with E-state index in [0.29, 0.717) is 13.0 Å². The number of hydrogen-bond acceptors (Lipinski definition) is 6. The number of nitro groups is 1. The molecule has 1 heterocycles. The van der Waals surface area contributed by atoms with Crippen LogP contribution in [-0.4, -0.2) is 21.4 Å². The number of anilines is 3. The molecule has 0 spiro atoms. The van der Waals surface area contributed by atoms with E-state index in [0.717, 1.165) is 30.1 Å². The minimum Gasteiger partial charge on any atom is -0.364 e. The maximum absolute atomic E-state index is 13.8. The van der Waals surface area contributed by atoms with Crippen LogP contribution in [0.1, 0.15) is 5.56 Å². The summed E-state index contributed by atoms with van der Waals surface area (Å²) < 4.78 is 27.2. The molecule has 0 fully saturated rings. The summed E-state index contributed by atoms with van der Waals surface area (Å²) in [6.07, 6.45) is 1.74. The first-order valence-corrected chi connectivity index (χ1v) is 8.04. The van der Waals surface area contributed by atoms with Crippen molar-refractivity contribution in [3.63, 3.8) is 0 Å². The zero-order valence-corrected chi connectivity index (χ0v) is 14.0. The van der Waals surface area contributed by atoms with E-state index in [1.165, 1.54) is 0 Å². The van der Waals surface area contributed by atoms with Gasteiger partial charge in [0.05, 0.1) is 10.6 Å². The van der Waals surface area contributed by atoms with Crippen molar-refractivity contribution < 1.29 is 13.7 Å². The van der Waals surface area contributed by atoms with Gasteiger partial charge in [-0.05, 0) is 24.1 Å². The Morgan fingerprint density at radius 1 is 1.04 bits per heavy atom. The highest BCUT2D eigenvalue weighted by atomic mass is 19.1. The molecular weight excluding hydrogens is 356 g/mol. The topological polar surface area (TPSA) is 93.0 Å². The van der Waals surface area contributed by atoms with Crippen molar-refractivity contribution in [1.29, 1.82) is 0 Å². The Labute approximate surface area is 153 Å². The zero-order valence-electron chi connectivity index (χ0n) is 14.0. The first-order chi connectivity index (χ1) is 13.0. The van der Waals surface area contributed by atoms with Gasteiger partial charge in [-0.25, -0.2) is 18.7 Å². The Morgan fingerprint density at radius 3 is 2.52 bits per heavy atom. The fraction of sp³-hybridized carbons (Fsp3) is 0.111. The second kappa shape index (κ2) is 8.17. The second-order valence-electron chi connectivity index (χ2n) is 5.59. The SMILES string of the molecule is O=[N+]([O-])c1c(NCCc2ccccc2)ncnc1Nc1cc(F)ccc1F. The molecule has 0 bridgehead atoms. The molecule has 0 radical (unpaired) electrons. The molecule has 0 aliphatic carbocycles. The molecule has 2 N–H and O–H groups in total. The largest absolute Gasteiger partial charge is 0.364 e. The fourth-order valence-corrected chi connectivity index (χ4v) is 2.46. The van der Waals surface area contributed by atoms with Gasteiger partial charge in [-0.15, -0.1) is 0 Å². The van der Waals surface area contributed by atoms with Crippen molar-refractivity contribution in [2.24, 2.45) is 0 Å². The molecule has 7 nitrogen and oxygen atoms in total. The molecule has 2 aromatic carbocycles. The lowest BCUT2D eigenvalue weighted by atomic mass is 10.1. The van der Waals surface area contributed by atoms with E-state index in [1.54, 1.807) is 0 Å². The third kappa shape index (κ3) is 4.51. The number of rotatable bonds is 7. The molecule has 9 heteroatoms. The Kier molecular flexibility index (Phi) is 5.50. The van der Waals surface area contributed by atoms with Gasteiger partial charge < -0.3 is 10.6 Å². The summed E-state index contributed by atoms with van der Waals surface area (Å²) in [5.74, 6) is -1.69. The Hall–Kier alpha value is -3.62. The molecule has 0 saturated carbocycles. The molecule has 0 atom stereocenters. The minimum absolute atomic E-state index is 0.00903. The van der Waals surface area contributed by atoms with E-state index in [-0.39, 0.29) is 17.3 Å². The van der Waals surface area contributed by atoms with Gasteiger partial charge in [0.2, 0.25) is 11.6 Å². The Morgan fingerprint density at radius 2 is 1.78 bits per heavy atom. The molecule has 0 aliphatic heterocycles. The molecule has 0 amide bonds. The normalized spacial score (nSPS) is 10.4. The fourth-order valence-electron chi connectivity index (χ4n) is 2.46. The van der Waals surface area contributed by atoms with Gasteiger partial charge in [-0.3, -0.25) is 10.1 Å². The van der Waals surface area contributed by atoms with Crippen molar-refractivity contribution in [1.82, 2.24) is 9.97 Å². The molecule has 1 aromatic heterocycles. The molecule has 3 aromatic rings. The van der Waals surface area contributed by atoms with Crippen LogP contribution in [0, 0.1) is 21.7 Å². The molecule has 0 unspecified atom stereocenters. The summed E-state index contributed by atoms with van der Waals surface area (Å²) in [6.45, 7) is 0.398. The lowest BCUT2D eigenvalue weighted by Gasteiger charge is -2.10. The van der Waals surface area contributed by atoms with Gasteiger partial charge in [-0.1, -0.05) is 30.3 Å². The van der Waals surface area contributed by atoms with Crippen LogP contribution in [0.15, 0.2) is 54.9 Å². The van der Waals surface area contributed by atoms with Crippen molar-refractivity contribution in [2.45, 2.75) is 6.42 Å². The summed E-state index contributed by atoms with van der Waals surface area (Å²) in [6, 6.07) is 12.3. The first kappa shape index (κ1) is 18.2. The first-order valence-electron chi connectivity index (χ1n) is 8.04. The average molecular weight is 371 g/mol. The van der Waals surface area contributed by atoms with Gasteiger partial charge in [0.1, 0.15) is 18.0 Å². The van der Waals surface area contributed by atoms with E-state index < -0.39 is 22.2 Å². The van der Waals surface area contributed by atoms with Gasteiger partial charge in [0.15, 0.2) is 0 Å². The van der Waals surface area contributed by atoms with Crippen LogP contribution < -0.4 is 10.6 Å². The predicted molar refractivity (Wildman–Crippen MR) is 97.0 cm³/mol. The molecule has 27 heavy (non-hydrogen) atoms. The number of nitrogens with one attached hydrogen (secondary N) is 2. The summed E-state index contributed by atoms with van der Waals surface area (Å²) >= 11 is 0. The molecule has 0 saturated heterocycles. The van der Waals surface area contributed by atoms with Crippen LogP contribution in [0.4, 0.5) is 31.8 Å². The summed E-state index contributed by atoms with van der Waals surface area (Å²) in [5.41, 5.74) is 0.350. The van der Waals surface area contributed by atoms with Gasteiger partial charge >= 0.3 is 5.69 Å². The lowest BCUT2D eigenvalue weighted by molar-refractivity contribution is -0.383. The average Bonchev–Trinajstić information content (AvgIpc) is 2.65. The number of halogens is 2. The van der Waals surface area contributed by atoms with Crippen molar-refractivity contribution in [2.75, 3.05) is 17.2 Å². The minimum atomic E-state index is -0.761. The van der Waals surface area contributed by atoms with Gasteiger partial charge in [-0.2, -0.15) is 0 Å². The molecule has 138 valence electrons. The van der Waals surface area contributed by atoms with E-state index in [1.807, 2.05) is 30.3 Å². The van der Waals surface area contributed by atoms with Crippen molar-refractivity contribution >= 4 is 23.0 Å². The summed E-state index contributed by atoms with van der Waals surface area (Å²) in [7, 11) is 0. The standard InChI is InChI=1S/C18H15F2N5O2/c19-13-6-7-14(20)15(10-13)24-18-16(25(26)27)17(22-11-23-18)21-9-8-12-4-2-1-3-5-12/h1-7,10-11H,8-9H2,(H2,21,22,23,24). The highest BCUT2D eigenvalue weighted by Crippen LogP contribution is 2.32. The van der Waals surface area contributed by atoms with Crippen LogP contribution in [0.3, 0.4) is 0 Å². The van der Waals surface area contributed by atoms with Crippen molar-refractivity contribution in [3.8, 4) is 0 Å². The lowest BCUT2D eigenvalue weighted by Crippen LogP contribution is -2.11. The van der Waals surface area contributed by atoms with E-state index >= 15 is 0 Å². The van der Waals surface area contributed by atoms with Crippen LogP contribution in [0.2, 0.25) is 0 Å². The van der Waals surface area contributed by atoms with Crippen LogP contribution in [-0.2, 0) is 6.42 Å². The smallest absolute Gasteiger partial charge is 0.353 e. The van der Waals surface area contributed by atoms with E-state index in [4.69, 9.17) is 0 Å². The maximum Gasteiger partial charge on any atom is 0.353 e. The predicted octanol–water partition coefficient (Wildman–Crippen LogP) is 4.06. The quantitative estimate of drug-likeness (QED) is 0.481. The van der Waals surface area contributed by atoms with Gasteiger partial charge in [0.25, 0.3) is 0 Å². The highest BCUT2D eigenvalue weighted by molar-refractivity contribution is 5.73. The third-order valence-electron chi connectivity index (χ3n) is 3.74. The monoisotopic (exact) mass is 371 g/mol. The molecule has 0 aliphatic rings. The van der Waals surface area contributed by atoms with Crippen LogP contribution in [0.5, 0.6) is 0 Å². The number of benzene rings is 2. The summed E-state index contributed by atoms with van der Waals surface area (Å²) in [4.78, 5) is 18.5. The zero-order chi connectivity index (χ0) is 19.2. The Balaban J connectivity index is 1.82. The summed E-state index contributed by atoms with van der Waals surface area (Å²) in [5, 5.41) is 16.9. The molecular formula is C18H15F2N5O2. The number of hydrogen-bond donors (Lipinski definition) is 2.